The molecule has 0 saturated heterocycles. The Morgan fingerprint density at radius 3 is 2.04 bits per heavy atom. The molecule has 1 rings (SSSR count). The minimum absolute atomic E-state index is 0.127. The number of halogens is 3. The number of carbonyl (C=O) groups excluding carboxylic acids is 1. The second-order valence-electron chi connectivity index (χ2n) is 6.27. The summed E-state index contributed by atoms with van der Waals surface area (Å²) in [5.41, 5.74) is -3.48. The maximum atomic E-state index is 13.7. The van der Waals surface area contributed by atoms with Gasteiger partial charge in [-0.15, -0.1) is 0 Å². The summed E-state index contributed by atoms with van der Waals surface area (Å²) in [6.45, 7) is 5.40. The van der Waals surface area contributed by atoms with Crippen molar-refractivity contribution < 1.29 is 32.2 Å². The summed E-state index contributed by atoms with van der Waals surface area (Å²) in [6.07, 6.45) is -5.21. The van der Waals surface area contributed by atoms with Crippen LogP contribution in [0.3, 0.4) is 0 Å². The predicted molar refractivity (Wildman–Crippen MR) is 86.9 cm³/mol. The highest BCUT2D eigenvalue weighted by molar-refractivity contribution is 5.82. The lowest BCUT2D eigenvalue weighted by Crippen LogP contribution is -2.52. The quantitative estimate of drug-likeness (QED) is 0.657. The van der Waals surface area contributed by atoms with Crippen LogP contribution in [0.1, 0.15) is 26.3 Å². The van der Waals surface area contributed by atoms with Gasteiger partial charge in [0.2, 0.25) is 0 Å². The van der Waals surface area contributed by atoms with Crippen molar-refractivity contribution in [1.29, 1.82) is 0 Å². The topological polar surface area (TPSA) is 44.8 Å². The van der Waals surface area contributed by atoms with Crippen molar-refractivity contribution in [3.8, 4) is 0 Å². The molecular formula is C18H25F3O4. The Labute approximate surface area is 146 Å². The van der Waals surface area contributed by atoms with Crippen LogP contribution in [0.4, 0.5) is 13.2 Å². The standard InChI is InChI=1S/C18H25F3O4/c1-12(2)15(23-4)13(3)11-25-16(22)17(24-5,18(19,20)21)14-9-7-6-8-10-14/h6-10,12-13,15H,11H2,1-5H3/t13-,15-,17-/m0/s1. The molecule has 0 aliphatic heterocycles. The summed E-state index contributed by atoms with van der Waals surface area (Å²) in [6, 6.07) is 6.75. The summed E-state index contributed by atoms with van der Waals surface area (Å²) in [7, 11) is 2.36. The molecule has 0 unspecified atom stereocenters. The maximum Gasteiger partial charge on any atom is 0.432 e. The second-order valence-corrected chi connectivity index (χ2v) is 6.27. The molecule has 0 radical (unpaired) electrons. The molecule has 4 nitrogen and oxygen atoms in total. The number of esters is 1. The lowest BCUT2D eigenvalue weighted by Gasteiger charge is -2.33. The van der Waals surface area contributed by atoms with Gasteiger partial charge in [-0.2, -0.15) is 13.2 Å². The van der Waals surface area contributed by atoms with Crippen LogP contribution in [-0.2, 0) is 24.6 Å². The van der Waals surface area contributed by atoms with Gasteiger partial charge in [-0.3, -0.25) is 0 Å². The number of hydrogen-bond acceptors (Lipinski definition) is 4. The van der Waals surface area contributed by atoms with Crippen LogP contribution in [0.25, 0.3) is 0 Å². The zero-order valence-corrected chi connectivity index (χ0v) is 15.1. The first-order chi connectivity index (χ1) is 11.6. The molecule has 1 aromatic carbocycles. The second kappa shape index (κ2) is 8.67. The van der Waals surface area contributed by atoms with Crippen molar-refractivity contribution in [1.82, 2.24) is 0 Å². The minimum atomic E-state index is -4.97. The van der Waals surface area contributed by atoms with Crippen LogP contribution in [0, 0.1) is 11.8 Å². The molecule has 0 bridgehead atoms. The van der Waals surface area contributed by atoms with Gasteiger partial charge in [0, 0.05) is 25.7 Å². The van der Waals surface area contributed by atoms with Gasteiger partial charge in [-0.05, 0) is 5.92 Å². The number of carbonyl (C=O) groups is 1. The first-order valence-electron chi connectivity index (χ1n) is 7.99. The fraction of sp³-hybridized carbons (Fsp3) is 0.611. The van der Waals surface area contributed by atoms with E-state index in [4.69, 9.17) is 9.47 Å². The van der Waals surface area contributed by atoms with Crippen molar-refractivity contribution in [2.75, 3.05) is 20.8 Å². The summed E-state index contributed by atoms with van der Waals surface area (Å²) in [5, 5.41) is 0. The van der Waals surface area contributed by atoms with Crippen molar-refractivity contribution >= 4 is 5.97 Å². The van der Waals surface area contributed by atoms with E-state index < -0.39 is 17.7 Å². The number of benzene rings is 1. The third-order valence-electron chi connectivity index (χ3n) is 4.14. The smallest absolute Gasteiger partial charge is 0.432 e. The van der Waals surface area contributed by atoms with E-state index >= 15 is 0 Å². The van der Waals surface area contributed by atoms with Crippen LogP contribution < -0.4 is 0 Å². The van der Waals surface area contributed by atoms with Gasteiger partial charge in [-0.1, -0.05) is 51.1 Å². The van der Waals surface area contributed by atoms with E-state index in [-0.39, 0.29) is 30.1 Å². The third kappa shape index (κ3) is 4.52. The molecule has 0 aromatic heterocycles. The van der Waals surface area contributed by atoms with Gasteiger partial charge >= 0.3 is 12.1 Å². The van der Waals surface area contributed by atoms with Crippen molar-refractivity contribution in [2.24, 2.45) is 11.8 Å². The summed E-state index contributed by atoms with van der Waals surface area (Å²) in [5.74, 6) is -1.63. The van der Waals surface area contributed by atoms with Gasteiger partial charge in [0.25, 0.3) is 5.60 Å². The Morgan fingerprint density at radius 1 is 1.08 bits per heavy atom. The normalized spacial score (nSPS) is 17.0. The average molecular weight is 362 g/mol. The van der Waals surface area contributed by atoms with E-state index in [1.165, 1.54) is 31.4 Å². The lowest BCUT2D eigenvalue weighted by molar-refractivity contribution is -0.277. The molecule has 0 saturated carbocycles. The molecule has 142 valence electrons. The molecule has 0 heterocycles. The van der Waals surface area contributed by atoms with Crippen molar-refractivity contribution in [2.45, 2.75) is 38.7 Å². The fourth-order valence-electron chi connectivity index (χ4n) is 2.95. The van der Waals surface area contributed by atoms with E-state index in [1.54, 1.807) is 13.0 Å². The molecule has 1 aromatic rings. The van der Waals surface area contributed by atoms with Crippen molar-refractivity contribution in [3.05, 3.63) is 35.9 Å². The first-order valence-corrected chi connectivity index (χ1v) is 7.99. The Bertz CT molecular complexity index is 545. The molecule has 0 amide bonds. The molecule has 0 aliphatic carbocycles. The molecule has 0 aliphatic rings. The van der Waals surface area contributed by atoms with Gasteiger partial charge < -0.3 is 14.2 Å². The third-order valence-corrected chi connectivity index (χ3v) is 4.14. The number of ether oxygens (including phenoxy) is 3. The molecule has 25 heavy (non-hydrogen) atoms. The average Bonchev–Trinajstić information content (AvgIpc) is 2.54. The van der Waals surface area contributed by atoms with Crippen LogP contribution in [0.5, 0.6) is 0 Å². The van der Waals surface area contributed by atoms with Gasteiger partial charge in [0.1, 0.15) is 0 Å². The molecular weight excluding hydrogens is 337 g/mol. The number of methoxy groups -OCH3 is 2. The molecule has 0 N–H and O–H groups in total. The minimum Gasteiger partial charge on any atom is -0.463 e. The largest absolute Gasteiger partial charge is 0.463 e. The Hall–Kier alpha value is -1.60. The van der Waals surface area contributed by atoms with Crippen LogP contribution in [0.15, 0.2) is 30.3 Å². The van der Waals surface area contributed by atoms with E-state index in [2.05, 4.69) is 4.74 Å². The fourth-order valence-corrected chi connectivity index (χ4v) is 2.95. The SMILES string of the molecule is CO[C@@H](C(C)C)[C@@H](C)COC(=O)[C@@](OC)(c1ccccc1)C(F)(F)F. The highest BCUT2D eigenvalue weighted by Crippen LogP contribution is 2.43. The number of alkyl halides is 3. The van der Waals surface area contributed by atoms with E-state index in [9.17, 15) is 18.0 Å². The summed E-state index contributed by atoms with van der Waals surface area (Å²) in [4.78, 5) is 12.4. The number of rotatable bonds is 8. The van der Waals surface area contributed by atoms with Crippen LogP contribution in [-0.4, -0.2) is 39.1 Å². The Kier molecular flexibility index (Phi) is 7.44. The van der Waals surface area contributed by atoms with Crippen molar-refractivity contribution in [3.63, 3.8) is 0 Å². The molecule has 7 heteroatoms. The van der Waals surface area contributed by atoms with E-state index in [0.29, 0.717) is 0 Å². The van der Waals surface area contributed by atoms with E-state index in [1.807, 2.05) is 13.8 Å². The number of hydrogen-bond donors (Lipinski definition) is 0. The van der Waals surface area contributed by atoms with Gasteiger partial charge in [0.05, 0.1) is 12.7 Å². The molecule has 0 fully saturated rings. The van der Waals surface area contributed by atoms with Gasteiger partial charge in [0.15, 0.2) is 0 Å². The van der Waals surface area contributed by atoms with Crippen LogP contribution in [0.2, 0.25) is 0 Å². The van der Waals surface area contributed by atoms with Gasteiger partial charge in [-0.25, -0.2) is 4.79 Å². The molecule has 3 atom stereocenters. The Morgan fingerprint density at radius 2 is 1.64 bits per heavy atom. The summed E-state index contributed by atoms with van der Waals surface area (Å²) < 4.78 is 56.2. The van der Waals surface area contributed by atoms with E-state index in [0.717, 1.165) is 7.11 Å². The summed E-state index contributed by atoms with van der Waals surface area (Å²) >= 11 is 0. The maximum absolute atomic E-state index is 13.7. The monoisotopic (exact) mass is 362 g/mol. The Balaban J connectivity index is 3.07. The zero-order chi connectivity index (χ0) is 19.3. The predicted octanol–water partition coefficient (Wildman–Crippen LogP) is 3.94. The zero-order valence-electron chi connectivity index (χ0n) is 15.1. The highest BCUT2D eigenvalue weighted by atomic mass is 19.4. The highest BCUT2D eigenvalue weighted by Gasteiger charge is 2.64. The molecule has 0 spiro atoms. The first kappa shape index (κ1) is 21.4. The van der Waals surface area contributed by atoms with Crippen LogP contribution >= 0.6 is 0 Å². The lowest BCUT2D eigenvalue weighted by atomic mass is 9.92.